The molecule has 15 heavy (non-hydrogen) atoms. The van der Waals surface area contributed by atoms with Crippen LogP contribution >= 0.6 is 0 Å². The van der Waals surface area contributed by atoms with Crippen molar-refractivity contribution in [3.8, 4) is 5.75 Å². The molecule has 1 aromatic carbocycles. The molecule has 0 bridgehead atoms. The molecule has 0 aliphatic heterocycles. The number of methoxy groups -OCH3 is 1. The maximum atomic E-state index is 12.1. The summed E-state index contributed by atoms with van der Waals surface area (Å²) >= 11 is 0. The number of benzene rings is 1. The molecule has 1 rings (SSSR count). The zero-order chi connectivity index (χ0) is 11.4. The van der Waals surface area contributed by atoms with Gasteiger partial charge >= 0.3 is 6.61 Å². The molecule has 5 heteroatoms. The molecule has 0 aliphatic rings. The first-order valence-corrected chi connectivity index (χ1v) is 4.12. The van der Waals surface area contributed by atoms with Crippen LogP contribution in [0.2, 0.25) is 0 Å². The van der Waals surface area contributed by atoms with Gasteiger partial charge in [-0.1, -0.05) is 6.58 Å². The number of hydrogen-bond acceptors (Lipinski definition) is 3. The topological polar surface area (TPSA) is 44.5 Å². The first kappa shape index (κ1) is 11.3. The molecular formula is C10H11F2NO2. The fourth-order valence-corrected chi connectivity index (χ4v) is 1.07. The van der Waals surface area contributed by atoms with Crippen LogP contribution in [-0.4, -0.2) is 13.7 Å². The lowest BCUT2D eigenvalue weighted by atomic mass is 10.1. The minimum atomic E-state index is -2.91. The Kier molecular flexibility index (Phi) is 3.49. The highest BCUT2D eigenvalue weighted by atomic mass is 19.3. The van der Waals surface area contributed by atoms with Crippen molar-refractivity contribution >= 4 is 11.4 Å². The highest BCUT2D eigenvalue weighted by Crippen LogP contribution is 2.28. The van der Waals surface area contributed by atoms with Gasteiger partial charge in [0, 0.05) is 11.8 Å². The summed E-state index contributed by atoms with van der Waals surface area (Å²) in [5.41, 5.74) is 6.13. The third-order valence-corrected chi connectivity index (χ3v) is 1.77. The molecular weight excluding hydrogens is 204 g/mol. The van der Waals surface area contributed by atoms with Crippen molar-refractivity contribution in [1.29, 1.82) is 0 Å². The standard InChI is InChI=1S/C10H11F2NO2/c1-6(14-2)8-4-3-7(13)5-9(8)15-10(11)12/h3-5,10H,1,13H2,2H3. The molecule has 0 unspecified atom stereocenters. The lowest BCUT2D eigenvalue weighted by molar-refractivity contribution is -0.0501. The Bertz CT molecular complexity index is 366. The normalized spacial score (nSPS) is 10.1. The monoisotopic (exact) mass is 215 g/mol. The molecule has 0 radical (unpaired) electrons. The Hall–Kier alpha value is -1.78. The zero-order valence-corrected chi connectivity index (χ0v) is 8.17. The highest BCUT2D eigenvalue weighted by Gasteiger charge is 2.12. The Labute approximate surface area is 86.1 Å². The van der Waals surface area contributed by atoms with E-state index in [9.17, 15) is 8.78 Å². The largest absolute Gasteiger partial charge is 0.497 e. The fourth-order valence-electron chi connectivity index (χ4n) is 1.07. The third-order valence-electron chi connectivity index (χ3n) is 1.77. The number of nitrogens with two attached hydrogens (primary N) is 1. The second-order valence-electron chi connectivity index (χ2n) is 2.76. The van der Waals surface area contributed by atoms with Crippen molar-refractivity contribution < 1.29 is 18.3 Å². The lowest BCUT2D eigenvalue weighted by Crippen LogP contribution is -2.05. The minimum absolute atomic E-state index is 0.0446. The summed E-state index contributed by atoms with van der Waals surface area (Å²) in [6.45, 7) is 0.646. The van der Waals surface area contributed by atoms with Crippen molar-refractivity contribution in [2.24, 2.45) is 0 Å². The van der Waals surface area contributed by atoms with Crippen molar-refractivity contribution in [2.75, 3.05) is 12.8 Å². The Morgan fingerprint density at radius 1 is 1.47 bits per heavy atom. The van der Waals surface area contributed by atoms with Crippen LogP contribution in [0.5, 0.6) is 5.75 Å². The van der Waals surface area contributed by atoms with Gasteiger partial charge in [0.2, 0.25) is 0 Å². The summed E-state index contributed by atoms with van der Waals surface area (Å²) < 4.78 is 33.3. The number of ether oxygens (including phenoxy) is 2. The van der Waals surface area contributed by atoms with E-state index in [-0.39, 0.29) is 11.5 Å². The number of halogens is 2. The molecule has 0 atom stereocenters. The minimum Gasteiger partial charge on any atom is -0.497 e. The first-order valence-electron chi connectivity index (χ1n) is 4.12. The van der Waals surface area contributed by atoms with E-state index in [1.807, 2.05) is 0 Å². The van der Waals surface area contributed by atoms with Gasteiger partial charge < -0.3 is 15.2 Å². The van der Waals surface area contributed by atoms with E-state index < -0.39 is 6.61 Å². The van der Waals surface area contributed by atoms with E-state index in [1.54, 1.807) is 6.07 Å². The van der Waals surface area contributed by atoms with Crippen LogP contribution in [0.1, 0.15) is 5.56 Å². The summed E-state index contributed by atoms with van der Waals surface area (Å²) in [4.78, 5) is 0. The van der Waals surface area contributed by atoms with Crippen LogP contribution in [0.4, 0.5) is 14.5 Å². The van der Waals surface area contributed by atoms with Crippen LogP contribution in [0.3, 0.4) is 0 Å². The Morgan fingerprint density at radius 3 is 2.67 bits per heavy atom. The Morgan fingerprint density at radius 2 is 2.13 bits per heavy atom. The zero-order valence-electron chi connectivity index (χ0n) is 8.17. The summed E-state index contributed by atoms with van der Waals surface area (Å²) in [6.07, 6.45) is 0. The van der Waals surface area contributed by atoms with Crippen molar-refractivity contribution in [2.45, 2.75) is 6.61 Å². The second-order valence-corrected chi connectivity index (χ2v) is 2.76. The molecule has 0 aromatic heterocycles. The van der Waals surface area contributed by atoms with Crippen LogP contribution < -0.4 is 10.5 Å². The van der Waals surface area contributed by atoms with Crippen LogP contribution in [-0.2, 0) is 4.74 Å². The van der Waals surface area contributed by atoms with Crippen LogP contribution in [0.25, 0.3) is 5.76 Å². The number of hydrogen-bond donors (Lipinski definition) is 1. The highest BCUT2D eigenvalue weighted by molar-refractivity contribution is 5.66. The van der Waals surface area contributed by atoms with Gasteiger partial charge in [-0.2, -0.15) is 8.78 Å². The third kappa shape index (κ3) is 2.83. The Balaban J connectivity index is 3.08. The summed E-state index contributed by atoms with van der Waals surface area (Å²) in [6, 6.07) is 4.36. The van der Waals surface area contributed by atoms with E-state index in [4.69, 9.17) is 10.5 Å². The van der Waals surface area contributed by atoms with Crippen molar-refractivity contribution in [3.63, 3.8) is 0 Å². The van der Waals surface area contributed by atoms with Gasteiger partial charge in [0.05, 0.1) is 12.7 Å². The molecule has 2 N–H and O–H groups in total. The first-order chi connectivity index (χ1) is 7.04. The van der Waals surface area contributed by atoms with Crippen molar-refractivity contribution in [3.05, 3.63) is 30.3 Å². The van der Waals surface area contributed by atoms with Gasteiger partial charge in [0.1, 0.15) is 11.5 Å². The van der Waals surface area contributed by atoms with Crippen LogP contribution in [0, 0.1) is 0 Å². The molecule has 0 saturated carbocycles. The van der Waals surface area contributed by atoms with Gasteiger partial charge in [-0.3, -0.25) is 0 Å². The lowest BCUT2D eigenvalue weighted by Gasteiger charge is -2.12. The predicted octanol–water partition coefficient (Wildman–Crippen LogP) is 2.49. The number of anilines is 1. The molecule has 82 valence electrons. The maximum Gasteiger partial charge on any atom is 0.387 e. The van der Waals surface area contributed by atoms with E-state index >= 15 is 0 Å². The number of nitrogen functional groups attached to an aromatic ring is 1. The predicted molar refractivity (Wildman–Crippen MR) is 53.5 cm³/mol. The smallest absolute Gasteiger partial charge is 0.387 e. The maximum absolute atomic E-state index is 12.1. The summed E-state index contributed by atoms with van der Waals surface area (Å²) in [5.74, 6) is 0.197. The molecule has 0 spiro atoms. The number of alkyl halides is 2. The molecule has 0 amide bonds. The van der Waals surface area contributed by atoms with E-state index in [0.717, 1.165) is 0 Å². The fraction of sp³-hybridized carbons (Fsp3) is 0.200. The second kappa shape index (κ2) is 4.63. The molecule has 3 nitrogen and oxygen atoms in total. The van der Waals surface area contributed by atoms with Gasteiger partial charge in [-0.05, 0) is 12.1 Å². The van der Waals surface area contributed by atoms with Gasteiger partial charge in [-0.15, -0.1) is 0 Å². The molecule has 1 aromatic rings. The van der Waals surface area contributed by atoms with E-state index in [2.05, 4.69) is 11.3 Å². The van der Waals surface area contributed by atoms with Gasteiger partial charge in [0.15, 0.2) is 0 Å². The summed E-state index contributed by atoms with van der Waals surface area (Å²) in [7, 11) is 1.39. The molecule has 0 heterocycles. The van der Waals surface area contributed by atoms with Crippen molar-refractivity contribution in [1.82, 2.24) is 0 Å². The van der Waals surface area contributed by atoms with Gasteiger partial charge in [-0.25, -0.2) is 0 Å². The van der Waals surface area contributed by atoms with E-state index in [1.165, 1.54) is 19.2 Å². The summed E-state index contributed by atoms with van der Waals surface area (Å²) in [5, 5.41) is 0. The molecule has 0 aliphatic carbocycles. The number of rotatable bonds is 4. The van der Waals surface area contributed by atoms with Gasteiger partial charge in [0.25, 0.3) is 0 Å². The molecule has 0 fully saturated rings. The van der Waals surface area contributed by atoms with E-state index in [0.29, 0.717) is 11.3 Å². The van der Waals surface area contributed by atoms with Crippen LogP contribution in [0.15, 0.2) is 24.8 Å². The SMILES string of the molecule is C=C(OC)c1ccc(N)cc1OC(F)F. The average molecular weight is 215 g/mol. The molecule has 0 saturated heterocycles. The quantitative estimate of drug-likeness (QED) is 0.619. The average Bonchev–Trinajstić information content (AvgIpc) is 2.16.